The number of benzene rings is 1. The molecule has 3 N–H and O–H groups in total. The van der Waals surface area contributed by atoms with E-state index in [9.17, 15) is 4.79 Å². The second-order valence-corrected chi connectivity index (χ2v) is 5.22. The van der Waals surface area contributed by atoms with E-state index in [-0.39, 0.29) is 5.71 Å². The van der Waals surface area contributed by atoms with E-state index >= 15 is 0 Å². The van der Waals surface area contributed by atoms with Crippen molar-refractivity contribution in [3.63, 3.8) is 0 Å². The molecule has 0 amide bonds. The van der Waals surface area contributed by atoms with E-state index in [1.165, 1.54) is 6.26 Å². The Bertz CT molecular complexity index is 541. The zero-order valence-electron chi connectivity index (χ0n) is 12.1. The van der Waals surface area contributed by atoms with Crippen LogP contribution in [0.4, 0.5) is 0 Å². The molecule has 1 unspecified atom stereocenters. The molecule has 5 heteroatoms. The van der Waals surface area contributed by atoms with E-state index < -0.39 is 11.8 Å². The van der Waals surface area contributed by atoms with Gasteiger partial charge in [-0.3, -0.25) is 5.41 Å². The van der Waals surface area contributed by atoms with E-state index in [1.807, 2.05) is 24.3 Å². The first-order chi connectivity index (χ1) is 10.0. The van der Waals surface area contributed by atoms with Gasteiger partial charge in [-0.25, -0.2) is 4.79 Å². The molecule has 1 aromatic carbocycles. The fourth-order valence-corrected chi connectivity index (χ4v) is 2.04. The van der Waals surface area contributed by atoms with Gasteiger partial charge >= 0.3 is 5.97 Å². The lowest BCUT2D eigenvalue weighted by molar-refractivity contribution is -0.189. The number of carbonyl (C=O) groups is 1. The molecule has 2 rings (SSSR count). The summed E-state index contributed by atoms with van der Waals surface area (Å²) in [7, 11) is 0. The summed E-state index contributed by atoms with van der Waals surface area (Å²) in [6, 6.07) is 7.84. The van der Waals surface area contributed by atoms with Crippen LogP contribution in [-0.4, -0.2) is 17.5 Å². The number of ether oxygens (including phenoxy) is 2. The lowest BCUT2D eigenvalue weighted by atomic mass is 10.1. The Balaban J connectivity index is 1.81. The van der Waals surface area contributed by atoms with Crippen LogP contribution in [0.5, 0.6) is 0 Å². The molecule has 1 atom stereocenters. The summed E-state index contributed by atoms with van der Waals surface area (Å²) in [6.07, 6.45) is 4.76. The molecule has 1 aliphatic rings. The second kappa shape index (κ2) is 6.54. The molecule has 0 fully saturated rings. The van der Waals surface area contributed by atoms with Gasteiger partial charge in [0.25, 0.3) is 5.79 Å². The van der Waals surface area contributed by atoms with Crippen molar-refractivity contribution in [2.24, 2.45) is 5.73 Å². The van der Waals surface area contributed by atoms with Crippen LogP contribution in [0.25, 0.3) is 0 Å². The van der Waals surface area contributed by atoms with Crippen LogP contribution in [0.1, 0.15) is 30.9 Å². The molecular formula is C16H20N2O3. The Morgan fingerprint density at radius 1 is 1.38 bits per heavy atom. The van der Waals surface area contributed by atoms with Crippen LogP contribution in [0.2, 0.25) is 0 Å². The quantitative estimate of drug-likeness (QED) is 0.621. The zero-order valence-corrected chi connectivity index (χ0v) is 12.1. The van der Waals surface area contributed by atoms with E-state index in [0.717, 1.165) is 11.1 Å². The van der Waals surface area contributed by atoms with E-state index in [4.69, 9.17) is 20.6 Å². The summed E-state index contributed by atoms with van der Waals surface area (Å²) in [5, 5.41) is 7.80. The Kier molecular flexibility index (Phi) is 4.75. The van der Waals surface area contributed by atoms with Crippen molar-refractivity contribution in [1.29, 1.82) is 5.41 Å². The van der Waals surface area contributed by atoms with Gasteiger partial charge in [-0.05, 0) is 23.6 Å². The number of esters is 1. The molecule has 1 heterocycles. The molecule has 0 saturated heterocycles. The molecule has 0 spiro atoms. The molecule has 0 aromatic heterocycles. The highest BCUT2D eigenvalue weighted by Crippen LogP contribution is 2.24. The van der Waals surface area contributed by atoms with Gasteiger partial charge in [0.15, 0.2) is 0 Å². The Hall–Kier alpha value is -2.14. The highest BCUT2D eigenvalue weighted by Gasteiger charge is 2.32. The minimum Gasteiger partial charge on any atom is -0.460 e. The summed E-state index contributed by atoms with van der Waals surface area (Å²) < 4.78 is 10.4. The topological polar surface area (TPSA) is 85.4 Å². The molecule has 0 aliphatic carbocycles. The van der Waals surface area contributed by atoms with Crippen LogP contribution in [0.3, 0.4) is 0 Å². The number of rotatable bonds is 6. The predicted molar refractivity (Wildman–Crippen MR) is 79.7 cm³/mol. The van der Waals surface area contributed by atoms with Crippen molar-refractivity contribution in [1.82, 2.24) is 0 Å². The normalized spacial score (nSPS) is 20.1. The molecule has 5 nitrogen and oxygen atoms in total. The fraction of sp³-hybridized carbons (Fsp3) is 0.375. The van der Waals surface area contributed by atoms with Crippen LogP contribution in [-0.2, 0) is 27.2 Å². The first-order valence-corrected chi connectivity index (χ1v) is 6.94. The van der Waals surface area contributed by atoms with Gasteiger partial charge in [0, 0.05) is 26.3 Å². The predicted octanol–water partition coefficient (Wildman–Crippen LogP) is 2.29. The van der Waals surface area contributed by atoms with Gasteiger partial charge in [-0.15, -0.1) is 0 Å². The van der Waals surface area contributed by atoms with Crippen molar-refractivity contribution >= 4 is 11.7 Å². The number of hydrogen-bond acceptors (Lipinski definition) is 5. The summed E-state index contributed by atoms with van der Waals surface area (Å²) in [6.45, 7) is 2.19. The number of hydrogen-bond donors (Lipinski definition) is 2. The first-order valence-electron chi connectivity index (χ1n) is 6.94. The minimum atomic E-state index is -0.966. The van der Waals surface area contributed by atoms with Crippen molar-refractivity contribution in [2.45, 2.75) is 38.5 Å². The summed E-state index contributed by atoms with van der Waals surface area (Å²) in [5.41, 5.74) is 7.62. The standard InChI is InChI=1S/C16H20N2O3/c1-16(9-2-10-20-16)21-15(19)14(18)8-7-12-3-5-13(11-17)6-4-12/h2-6,10,18H,7-9,11,17H2,1H3. The third kappa shape index (κ3) is 4.16. The van der Waals surface area contributed by atoms with Crippen molar-refractivity contribution in [3.05, 3.63) is 47.7 Å². The van der Waals surface area contributed by atoms with Crippen LogP contribution in [0, 0.1) is 5.41 Å². The fourth-order valence-electron chi connectivity index (χ4n) is 2.04. The maximum absolute atomic E-state index is 11.9. The summed E-state index contributed by atoms with van der Waals surface area (Å²) >= 11 is 0. The Morgan fingerprint density at radius 2 is 2.05 bits per heavy atom. The average Bonchev–Trinajstić information content (AvgIpc) is 2.91. The highest BCUT2D eigenvalue weighted by molar-refractivity contribution is 6.35. The Morgan fingerprint density at radius 3 is 2.62 bits per heavy atom. The maximum atomic E-state index is 11.9. The summed E-state index contributed by atoms with van der Waals surface area (Å²) in [4.78, 5) is 11.9. The Labute approximate surface area is 124 Å². The smallest absolute Gasteiger partial charge is 0.355 e. The molecule has 0 radical (unpaired) electrons. The van der Waals surface area contributed by atoms with E-state index in [0.29, 0.717) is 25.8 Å². The monoisotopic (exact) mass is 288 g/mol. The number of nitrogens with one attached hydrogen (secondary N) is 1. The largest absolute Gasteiger partial charge is 0.460 e. The van der Waals surface area contributed by atoms with Gasteiger partial charge in [-0.2, -0.15) is 0 Å². The molecular weight excluding hydrogens is 268 g/mol. The molecule has 0 saturated carbocycles. The number of aryl methyl sites for hydroxylation is 1. The highest BCUT2D eigenvalue weighted by atomic mass is 16.7. The van der Waals surface area contributed by atoms with Gasteiger partial charge in [0.2, 0.25) is 0 Å². The molecule has 1 aromatic rings. The van der Waals surface area contributed by atoms with Crippen LogP contribution < -0.4 is 5.73 Å². The lowest BCUT2D eigenvalue weighted by Gasteiger charge is -2.23. The maximum Gasteiger partial charge on any atom is 0.355 e. The van der Waals surface area contributed by atoms with Crippen LogP contribution >= 0.6 is 0 Å². The third-order valence-corrected chi connectivity index (χ3v) is 3.38. The average molecular weight is 288 g/mol. The third-order valence-electron chi connectivity index (χ3n) is 3.38. The molecule has 112 valence electrons. The van der Waals surface area contributed by atoms with Crippen LogP contribution in [0.15, 0.2) is 36.6 Å². The van der Waals surface area contributed by atoms with Gasteiger partial charge in [0.1, 0.15) is 5.71 Å². The lowest BCUT2D eigenvalue weighted by Crippen LogP contribution is -2.33. The number of nitrogens with two attached hydrogens (primary N) is 1. The first kappa shape index (κ1) is 15.3. The van der Waals surface area contributed by atoms with Gasteiger partial charge < -0.3 is 15.2 Å². The number of carbonyl (C=O) groups excluding carboxylic acids is 1. The SMILES string of the molecule is CC1(OC(=O)C(=N)CCc2ccc(CN)cc2)CC=CO1. The molecule has 1 aliphatic heterocycles. The second-order valence-electron chi connectivity index (χ2n) is 5.22. The van der Waals surface area contributed by atoms with Gasteiger partial charge in [-0.1, -0.05) is 24.3 Å². The van der Waals surface area contributed by atoms with E-state index in [1.54, 1.807) is 13.0 Å². The van der Waals surface area contributed by atoms with Crippen molar-refractivity contribution in [2.75, 3.05) is 0 Å². The minimum absolute atomic E-state index is 0.0466. The van der Waals surface area contributed by atoms with Crippen molar-refractivity contribution in [3.8, 4) is 0 Å². The van der Waals surface area contributed by atoms with Crippen molar-refractivity contribution < 1.29 is 14.3 Å². The summed E-state index contributed by atoms with van der Waals surface area (Å²) in [5.74, 6) is -1.59. The zero-order chi connectivity index (χ0) is 15.3. The van der Waals surface area contributed by atoms with Gasteiger partial charge in [0.05, 0.1) is 6.26 Å². The van der Waals surface area contributed by atoms with E-state index in [2.05, 4.69) is 0 Å². The molecule has 21 heavy (non-hydrogen) atoms. The molecule has 0 bridgehead atoms.